The van der Waals surface area contributed by atoms with Gasteiger partial charge in [0.2, 0.25) is 0 Å². The molecule has 0 aliphatic carbocycles. The van der Waals surface area contributed by atoms with E-state index >= 15 is 0 Å². The average molecular weight is 245 g/mol. The van der Waals surface area contributed by atoms with Gasteiger partial charge < -0.3 is 4.74 Å². The van der Waals surface area contributed by atoms with E-state index in [1.807, 2.05) is 31.2 Å². The first-order valence-corrected chi connectivity index (χ1v) is 6.38. The smallest absolute Gasteiger partial charge is 0.414 e. The number of nitrogens with zero attached hydrogens (tertiary/aromatic N) is 1. The third kappa shape index (κ3) is 2.26. The van der Waals surface area contributed by atoms with Crippen molar-refractivity contribution >= 4 is 17.9 Å². The van der Waals surface area contributed by atoms with Crippen LogP contribution in [-0.2, 0) is 4.74 Å². The highest BCUT2D eigenvalue weighted by atomic mass is 16.6. The number of amides is 1. The van der Waals surface area contributed by atoms with Gasteiger partial charge in [-0.25, -0.2) is 4.79 Å². The maximum absolute atomic E-state index is 12.1. The molecule has 2 rings (SSSR count). The summed E-state index contributed by atoms with van der Waals surface area (Å²) in [5, 5.41) is 0. The third-order valence-corrected chi connectivity index (χ3v) is 3.11. The Labute approximate surface area is 108 Å². The Morgan fingerprint density at radius 1 is 1.39 bits per heavy atom. The molecule has 1 aliphatic heterocycles. The molecule has 0 spiro atoms. The van der Waals surface area contributed by atoms with Crippen LogP contribution >= 0.6 is 0 Å². The Morgan fingerprint density at radius 3 is 2.78 bits per heavy atom. The third-order valence-electron chi connectivity index (χ3n) is 3.11. The molecule has 0 fully saturated rings. The molecule has 1 atom stereocenters. The van der Waals surface area contributed by atoms with E-state index in [-0.39, 0.29) is 12.1 Å². The Kier molecular flexibility index (Phi) is 3.70. The lowest BCUT2D eigenvalue weighted by atomic mass is 9.96. The number of hydrogen-bond donors (Lipinski definition) is 0. The molecule has 18 heavy (non-hydrogen) atoms. The molecule has 3 heteroatoms. The van der Waals surface area contributed by atoms with E-state index in [0.29, 0.717) is 12.5 Å². The van der Waals surface area contributed by atoms with Crippen molar-refractivity contribution < 1.29 is 9.53 Å². The van der Waals surface area contributed by atoms with E-state index in [4.69, 9.17) is 4.74 Å². The zero-order chi connectivity index (χ0) is 13.1. The number of fused-ring (bicyclic) bond motifs is 1. The van der Waals surface area contributed by atoms with Gasteiger partial charge in [-0.05, 0) is 24.5 Å². The number of benzene rings is 1. The van der Waals surface area contributed by atoms with Crippen LogP contribution in [0.4, 0.5) is 10.5 Å². The molecule has 1 aromatic rings. The molecule has 1 aromatic carbocycles. The van der Waals surface area contributed by atoms with E-state index in [2.05, 4.69) is 26.0 Å². The van der Waals surface area contributed by atoms with E-state index in [1.54, 1.807) is 4.90 Å². The highest BCUT2D eigenvalue weighted by Crippen LogP contribution is 2.32. The summed E-state index contributed by atoms with van der Waals surface area (Å²) >= 11 is 0. The minimum absolute atomic E-state index is 0.0546. The molecule has 1 amide bonds. The fraction of sp³-hybridized carbons (Fsp3) is 0.400. The number of carbonyl (C=O) groups excluding carboxylic acids is 1. The van der Waals surface area contributed by atoms with Crippen LogP contribution in [0.5, 0.6) is 0 Å². The highest BCUT2D eigenvalue weighted by Gasteiger charge is 2.30. The van der Waals surface area contributed by atoms with Crippen molar-refractivity contribution in [3.05, 3.63) is 35.9 Å². The predicted octanol–water partition coefficient (Wildman–Crippen LogP) is 3.70. The van der Waals surface area contributed by atoms with Crippen LogP contribution in [0.2, 0.25) is 0 Å². The summed E-state index contributed by atoms with van der Waals surface area (Å²) in [6.07, 6.45) is 3.88. The van der Waals surface area contributed by atoms with Gasteiger partial charge in [-0.1, -0.05) is 44.2 Å². The summed E-state index contributed by atoms with van der Waals surface area (Å²) < 4.78 is 5.17. The molecule has 1 unspecified atom stereocenters. The second-order valence-electron chi connectivity index (χ2n) is 4.72. The first-order chi connectivity index (χ1) is 8.65. The van der Waals surface area contributed by atoms with Gasteiger partial charge in [0.25, 0.3) is 0 Å². The quantitative estimate of drug-likeness (QED) is 0.795. The fourth-order valence-electron chi connectivity index (χ4n) is 2.23. The van der Waals surface area contributed by atoms with Gasteiger partial charge in [-0.3, -0.25) is 4.90 Å². The fourth-order valence-corrected chi connectivity index (χ4v) is 2.23. The van der Waals surface area contributed by atoms with Gasteiger partial charge in [0.05, 0.1) is 18.3 Å². The Balaban J connectivity index is 2.42. The highest BCUT2D eigenvalue weighted by molar-refractivity contribution is 5.93. The average Bonchev–Trinajstić information content (AvgIpc) is 2.37. The van der Waals surface area contributed by atoms with E-state index in [1.165, 1.54) is 0 Å². The molecule has 0 saturated heterocycles. The van der Waals surface area contributed by atoms with Gasteiger partial charge in [0.1, 0.15) is 0 Å². The predicted molar refractivity (Wildman–Crippen MR) is 73.6 cm³/mol. The lowest BCUT2D eigenvalue weighted by Crippen LogP contribution is -2.44. The monoisotopic (exact) mass is 245 g/mol. The largest absolute Gasteiger partial charge is 0.449 e. The van der Waals surface area contributed by atoms with Gasteiger partial charge >= 0.3 is 6.09 Å². The Bertz CT molecular complexity index is 465. The first-order valence-electron chi connectivity index (χ1n) is 6.38. The molecule has 1 aliphatic rings. The molecule has 0 aromatic heterocycles. The van der Waals surface area contributed by atoms with E-state index in [0.717, 1.165) is 11.3 Å². The Hall–Kier alpha value is -1.77. The zero-order valence-corrected chi connectivity index (χ0v) is 11.1. The molecular weight excluding hydrogens is 226 g/mol. The van der Waals surface area contributed by atoms with Gasteiger partial charge in [0, 0.05) is 0 Å². The van der Waals surface area contributed by atoms with Crippen LogP contribution in [0.1, 0.15) is 26.3 Å². The molecule has 0 saturated carbocycles. The van der Waals surface area contributed by atoms with Crippen molar-refractivity contribution in [2.24, 2.45) is 5.92 Å². The molecule has 0 bridgehead atoms. The minimum atomic E-state index is -0.270. The summed E-state index contributed by atoms with van der Waals surface area (Å²) in [4.78, 5) is 13.9. The summed E-state index contributed by atoms with van der Waals surface area (Å²) in [6, 6.07) is 7.95. The van der Waals surface area contributed by atoms with Crippen LogP contribution < -0.4 is 4.90 Å². The van der Waals surface area contributed by atoms with Gasteiger partial charge in [0.15, 0.2) is 0 Å². The van der Waals surface area contributed by atoms with Crippen molar-refractivity contribution in [2.45, 2.75) is 26.8 Å². The van der Waals surface area contributed by atoms with Crippen LogP contribution in [0.3, 0.4) is 0 Å². The molecule has 1 heterocycles. The zero-order valence-electron chi connectivity index (χ0n) is 11.1. The van der Waals surface area contributed by atoms with Crippen molar-refractivity contribution in [3.63, 3.8) is 0 Å². The van der Waals surface area contributed by atoms with Crippen LogP contribution in [0, 0.1) is 5.92 Å². The van der Waals surface area contributed by atoms with Crippen LogP contribution in [-0.4, -0.2) is 18.7 Å². The van der Waals surface area contributed by atoms with Crippen molar-refractivity contribution in [1.82, 2.24) is 0 Å². The summed E-state index contributed by atoms with van der Waals surface area (Å²) in [7, 11) is 0. The summed E-state index contributed by atoms with van der Waals surface area (Å²) in [6.45, 7) is 6.43. The maximum Gasteiger partial charge on any atom is 0.414 e. The standard InChI is InChI=1S/C15H19NO2/c1-4-18-15(17)16-13(11(2)3)10-9-12-7-5-6-8-14(12)16/h5-11,13H,4H2,1-3H3. The Morgan fingerprint density at radius 2 is 2.11 bits per heavy atom. The summed E-state index contributed by atoms with van der Waals surface area (Å²) in [5.41, 5.74) is 1.99. The van der Waals surface area contributed by atoms with Gasteiger partial charge in [-0.2, -0.15) is 0 Å². The van der Waals surface area contributed by atoms with Gasteiger partial charge in [-0.15, -0.1) is 0 Å². The number of rotatable bonds is 2. The number of para-hydroxylation sites is 1. The van der Waals surface area contributed by atoms with Crippen molar-refractivity contribution in [3.8, 4) is 0 Å². The second-order valence-corrected chi connectivity index (χ2v) is 4.72. The van der Waals surface area contributed by atoms with Crippen molar-refractivity contribution in [1.29, 1.82) is 0 Å². The lowest BCUT2D eigenvalue weighted by molar-refractivity contribution is 0.156. The number of ether oxygens (including phenoxy) is 1. The second kappa shape index (κ2) is 5.25. The molecule has 3 nitrogen and oxygen atoms in total. The van der Waals surface area contributed by atoms with Crippen molar-refractivity contribution in [2.75, 3.05) is 11.5 Å². The number of hydrogen-bond acceptors (Lipinski definition) is 2. The maximum atomic E-state index is 12.1. The van der Waals surface area contributed by atoms with Crippen LogP contribution in [0.15, 0.2) is 30.3 Å². The van der Waals surface area contributed by atoms with E-state index < -0.39 is 0 Å². The lowest BCUT2D eigenvalue weighted by Gasteiger charge is -2.35. The molecule has 96 valence electrons. The molecule has 0 N–H and O–H groups in total. The SMILES string of the molecule is CCOC(=O)N1c2ccccc2C=CC1C(C)C. The number of anilines is 1. The molecule has 0 radical (unpaired) electrons. The van der Waals surface area contributed by atoms with Crippen LogP contribution in [0.25, 0.3) is 6.08 Å². The number of carbonyl (C=O) groups is 1. The van der Waals surface area contributed by atoms with E-state index in [9.17, 15) is 4.79 Å². The minimum Gasteiger partial charge on any atom is -0.449 e. The topological polar surface area (TPSA) is 29.5 Å². The summed E-state index contributed by atoms with van der Waals surface area (Å²) in [5.74, 6) is 0.346. The normalized spacial score (nSPS) is 17.8. The molecular formula is C15H19NO2. The first kappa shape index (κ1) is 12.7.